The number of nitrogens with zero attached hydrogens (tertiary/aromatic N) is 1. The minimum absolute atomic E-state index is 0.0975. The van der Waals surface area contributed by atoms with Gasteiger partial charge < -0.3 is 0 Å². The number of aromatic nitrogens is 1. The van der Waals surface area contributed by atoms with Crippen LogP contribution in [0.4, 0.5) is 22.0 Å². The van der Waals surface area contributed by atoms with Gasteiger partial charge in [0.1, 0.15) is 11.4 Å². The Balaban J connectivity index is 3.22. The largest absolute Gasteiger partial charge is 0.433 e. The maximum atomic E-state index is 12.3. The summed E-state index contributed by atoms with van der Waals surface area (Å²) in [5, 5.41) is 0. The molecule has 7 heteroatoms. The van der Waals surface area contributed by atoms with Gasteiger partial charge in [0.2, 0.25) is 0 Å². The van der Waals surface area contributed by atoms with E-state index >= 15 is 0 Å². The molecule has 0 atom stereocenters. The van der Waals surface area contributed by atoms with Crippen LogP contribution in [-0.2, 0) is 12.1 Å². The van der Waals surface area contributed by atoms with E-state index in [4.69, 9.17) is 11.6 Å². The first-order valence-corrected chi connectivity index (χ1v) is 4.31. The van der Waals surface area contributed by atoms with E-state index in [1.165, 1.54) is 0 Å². The molecule has 1 aromatic rings. The van der Waals surface area contributed by atoms with Gasteiger partial charge in [-0.05, 0) is 11.6 Å². The Hall–Kier alpha value is -0.910. The second-order valence-corrected chi connectivity index (χ2v) is 2.94. The third-order valence-electron chi connectivity index (χ3n) is 1.65. The Bertz CT molecular complexity index is 349. The smallest absolute Gasteiger partial charge is 0.242 e. The second-order valence-electron chi connectivity index (χ2n) is 2.67. The van der Waals surface area contributed by atoms with E-state index in [2.05, 4.69) is 4.98 Å². The number of hydrogen-bond donors (Lipinski definition) is 0. The topological polar surface area (TPSA) is 12.9 Å². The molecule has 0 aliphatic rings. The molecule has 0 aromatic carbocycles. The van der Waals surface area contributed by atoms with Gasteiger partial charge in [-0.15, -0.1) is 11.6 Å². The Morgan fingerprint density at radius 2 is 1.87 bits per heavy atom. The average Bonchev–Trinajstić information content (AvgIpc) is 2.15. The summed E-state index contributed by atoms with van der Waals surface area (Å²) in [6.07, 6.45) is -7.80. The van der Waals surface area contributed by atoms with Crippen LogP contribution in [0.3, 0.4) is 0 Å². The second kappa shape index (κ2) is 4.30. The number of pyridine rings is 1. The van der Waals surface area contributed by atoms with Gasteiger partial charge in [-0.2, -0.15) is 13.2 Å². The predicted octanol–water partition coefficient (Wildman–Crippen LogP) is 3.78. The lowest BCUT2D eigenvalue weighted by Crippen LogP contribution is -2.11. The highest BCUT2D eigenvalue weighted by Crippen LogP contribution is 2.31. The molecule has 1 aromatic heterocycles. The molecule has 0 N–H and O–H groups in total. The van der Waals surface area contributed by atoms with Crippen molar-refractivity contribution in [3.8, 4) is 0 Å². The molecule has 0 fully saturated rings. The summed E-state index contributed by atoms with van der Waals surface area (Å²) in [6.45, 7) is 0. The van der Waals surface area contributed by atoms with Crippen LogP contribution in [0.2, 0.25) is 0 Å². The zero-order chi connectivity index (χ0) is 11.6. The monoisotopic (exact) mass is 245 g/mol. The van der Waals surface area contributed by atoms with E-state index < -0.39 is 24.0 Å². The molecular formula is C8H5ClF5N. The number of hydrogen-bond acceptors (Lipinski definition) is 1. The molecule has 84 valence electrons. The lowest BCUT2D eigenvalue weighted by molar-refractivity contribution is -0.141. The quantitative estimate of drug-likeness (QED) is 0.571. The van der Waals surface area contributed by atoms with Gasteiger partial charge in [-0.1, -0.05) is 6.07 Å². The molecule has 0 radical (unpaired) electrons. The molecule has 0 aliphatic carbocycles. The van der Waals surface area contributed by atoms with Crippen LogP contribution >= 0.6 is 11.6 Å². The zero-order valence-corrected chi connectivity index (χ0v) is 7.91. The molecule has 0 saturated heterocycles. The van der Waals surface area contributed by atoms with Crippen molar-refractivity contribution in [2.75, 3.05) is 0 Å². The first-order chi connectivity index (χ1) is 6.86. The Morgan fingerprint density at radius 1 is 1.27 bits per heavy atom. The van der Waals surface area contributed by atoms with Crippen molar-refractivity contribution in [2.24, 2.45) is 0 Å². The maximum Gasteiger partial charge on any atom is 0.433 e. The van der Waals surface area contributed by atoms with Crippen molar-refractivity contribution in [3.05, 3.63) is 29.1 Å². The summed E-state index contributed by atoms with van der Waals surface area (Å²) in [5.74, 6) is -0.301. The molecule has 15 heavy (non-hydrogen) atoms. The van der Waals surface area contributed by atoms with E-state index in [1.807, 2.05) is 0 Å². The van der Waals surface area contributed by atoms with Gasteiger partial charge in [0.05, 0.1) is 0 Å². The first kappa shape index (κ1) is 12.2. The van der Waals surface area contributed by atoms with Crippen LogP contribution < -0.4 is 0 Å². The van der Waals surface area contributed by atoms with Crippen molar-refractivity contribution in [1.29, 1.82) is 0 Å². The van der Waals surface area contributed by atoms with E-state index in [0.717, 1.165) is 6.07 Å². The van der Waals surface area contributed by atoms with E-state index in [1.54, 1.807) is 0 Å². The fourth-order valence-electron chi connectivity index (χ4n) is 0.964. The Labute approximate surface area is 86.9 Å². The average molecular weight is 246 g/mol. The molecule has 1 heterocycles. The Kier molecular flexibility index (Phi) is 3.49. The van der Waals surface area contributed by atoms with Gasteiger partial charge in [0.15, 0.2) is 0 Å². The van der Waals surface area contributed by atoms with Gasteiger partial charge in [-0.3, -0.25) is 0 Å². The summed E-state index contributed by atoms with van der Waals surface area (Å²) in [6, 6.07) is 1.54. The SMILES string of the molecule is FC(F)c1nc(C(F)(F)F)ccc1CCl. The molecule has 0 saturated carbocycles. The van der Waals surface area contributed by atoms with Crippen LogP contribution in [0.5, 0.6) is 0 Å². The molecule has 0 bridgehead atoms. The minimum Gasteiger partial charge on any atom is -0.242 e. The third-order valence-corrected chi connectivity index (χ3v) is 1.94. The Morgan fingerprint density at radius 3 is 2.27 bits per heavy atom. The minimum atomic E-state index is -4.73. The van der Waals surface area contributed by atoms with Crippen LogP contribution in [0.25, 0.3) is 0 Å². The lowest BCUT2D eigenvalue weighted by Gasteiger charge is -2.10. The molecule has 1 nitrogen and oxygen atoms in total. The summed E-state index contributed by atoms with van der Waals surface area (Å²) < 4.78 is 61.0. The van der Waals surface area contributed by atoms with Crippen LogP contribution in [0, 0.1) is 0 Å². The van der Waals surface area contributed by atoms with Crippen LogP contribution in [0.1, 0.15) is 23.4 Å². The van der Waals surface area contributed by atoms with Crippen molar-refractivity contribution >= 4 is 11.6 Å². The first-order valence-electron chi connectivity index (χ1n) is 3.77. The standard InChI is InChI=1S/C8H5ClF5N/c9-3-4-1-2-5(8(12,13)14)15-6(4)7(10)11/h1-2,7H,3H2. The molecule has 0 amide bonds. The van der Waals surface area contributed by atoms with Crippen molar-refractivity contribution in [2.45, 2.75) is 18.5 Å². The maximum absolute atomic E-state index is 12.3. The number of halogens is 6. The molecule has 0 spiro atoms. The zero-order valence-electron chi connectivity index (χ0n) is 7.15. The molecular weight excluding hydrogens is 241 g/mol. The number of rotatable bonds is 2. The highest BCUT2D eigenvalue weighted by Gasteiger charge is 2.33. The normalized spacial score (nSPS) is 12.2. The molecule has 0 aliphatic heterocycles. The lowest BCUT2D eigenvalue weighted by atomic mass is 10.2. The fraction of sp³-hybridized carbons (Fsp3) is 0.375. The van der Waals surface area contributed by atoms with Crippen molar-refractivity contribution in [1.82, 2.24) is 4.98 Å². The number of alkyl halides is 6. The van der Waals surface area contributed by atoms with Gasteiger partial charge in [-0.25, -0.2) is 13.8 Å². The van der Waals surface area contributed by atoms with Crippen LogP contribution in [-0.4, -0.2) is 4.98 Å². The van der Waals surface area contributed by atoms with Crippen molar-refractivity contribution in [3.63, 3.8) is 0 Å². The highest BCUT2D eigenvalue weighted by atomic mass is 35.5. The highest BCUT2D eigenvalue weighted by molar-refractivity contribution is 6.17. The predicted molar refractivity (Wildman–Crippen MR) is 43.8 cm³/mol. The van der Waals surface area contributed by atoms with Gasteiger partial charge >= 0.3 is 6.18 Å². The summed E-state index contributed by atoms with van der Waals surface area (Å²) in [7, 11) is 0. The summed E-state index contributed by atoms with van der Waals surface area (Å²) >= 11 is 5.29. The third kappa shape index (κ3) is 2.77. The van der Waals surface area contributed by atoms with E-state index in [9.17, 15) is 22.0 Å². The molecule has 0 unspecified atom stereocenters. The molecule has 1 rings (SSSR count). The van der Waals surface area contributed by atoms with E-state index in [0.29, 0.717) is 6.07 Å². The van der Waals surface area contributed by atoms with Gasteiger partial charge in [0.25, 0.3) is 6.43 Å². The van der Waals surface area contributed by atoms with E-state index in [-0.39, 0.29) is 11.4 Å². The van der Waals surface area contributed by atoms with Crippen LogP contribution in [0.15, 0.2) is 12.1 Å². The fourth-order valence-corrected chi connectivity index (χ4v) is 1.19. The van der Waals surface area contributed by atoms with Gasteiger partial charge in [0, 0.05) is 5.88 Å². The van der Waals surface area contributed by atoms with Crippen molar-refractivity contribution < 1.29 is 22.0 Å². The summed E-state index contributed by atoms with van der Waals surface area (Å²) in [5.41, 5.74) is -2.36. The summed E-state index contributed by atoms with van der Waals surface area (Å²) in [4.78, 5) is 2.85.